The molecule has 0 saturated carbocycles. The van der Waals surface area contributed by atoms with Gasteiger partial charge in [0.05, 0.1) is 0 Å². The molecule has 166 valence electrons. The fraction of sp³-hybridized carbons (Fsp3) is 0.409. The first kappa shape index (κ1) is 23.2. The second kappa shape index (κ2) is 7.91. The number of hydrogen-bond donors (Lipinski definition) is 0. The molecule has 1 aromatic heterocycles. The van der Waals surface area contributed by atoms with Gasteiger partial charge in [-0.15, -0.1) is 0 Å². The van der Waals surface area contributed by atoms with Crippen molar-refractivity contribution in [2.75, 3.05) is 0 Å². The van der Waals surface area contributed by atoms with Crippen molar-refractivity contribution in [3.63, 3.8) is 0 Å². The Morgan fingerprint density at radius 2 is 1.65 bits per heavy atom. The number of pyridine rings is 1. The summed E-state index contributed by atoms with van der Waals surface area (Å²) in [5.41, 5.74) is -1.37. The lowest BCUT2D eigenvalue weighted by molar-refractivity contribution is -0.184. The lowest BCUT2D eigenvalue weighted by Crippen LogP contribution is -2.58. The first-order chi connectivity index (χ1) is 14.3. The van der Waals surface area contributed by atoms with Crippen molar-refractivity contribution in [3.8, 4) is 11.6 Å². The Balaban J connectivity index is 2.10. The summed E-state index contributed by atoms with van der Waals surface area (Å²) in [5, 5.41) is -1.09. The van der Waals surface area contributed by atoms with E-state index in [1.807, 2.05) is 6.92 Å². The number of ketones is 2. The molecule has 0 unspecified atom stereocenters. The minimum Gasteiger partial charge on any atom is -0.436 e. The lowest BCUT2D eigenvalue weighted by atomic mass is 9.73. The van der Waals surface area contributed by atoms with Crippen LogP contribution in [0.2, 0.25) is 5.02 Å². The van der Waals surface area contributed by atoms with E-state index in [2.05, 4.69) is 4.98 Å². The van der Waals surface area contributed by atoms with Crippen LogP contribution in [0.5, 0.6) is 11.6 Å². The van der Waals surface area contributed by atoms with E-state index in [1.165, 1.54) is 12.1 Å². The lowest BCUT2D eigenvalue weighted by Gasteiger charge is -2.43. The van der Waals surface area contributed by atoms with Gasteiger partial charge in [-0.1, -0.05) is 24.6 Å². The molecule has 9 heteroatoms. The van der Waals surface area contributed by atoms with E-state index in [9.17, 15) is 22.8 Å². The van der Waals surface area contributed by atoms with Gasteiger partial charge in [0.25, 0.3) is 11.8 Å². The van der Waals surface area contributed by atoms with Crippen molar-refractivity contribution >= 4 is 23.2 Å². The number of carbonyl (C=O) groups is 2. The topological polar surface area (TPSA) is 65.5 Å². The third kappa shape index (κ3) is 4.06. The molecular weight excluding hydrogens is 435 g/mol. The second-order valence-corrected chi connectivity index (χ2v) is 8.63. The predicted molar refractivity (Wildman–Crippen MR) is 107 cm³/mol. The van der Waals surface area contributed by atoms with Gasteiger partial charge in [0, 0.05) is 0 Å². The van der Waals surface area contributed by atoms with Crippen molar-refractivity contribution < 1.29 is 32.2 Å². The maximum atomic E-state index is 14.2. The number of hydrogen-bond acceptors (Lipinski definition) is 5. The molecule has 1 aliphatic heterocycles. The molecule has 1 saturated heterocycles. The molecule has 0 bridgehead atoms. The zero-order valence-electron chi connectivity index (χ0n) is 17.6. The average Bonchev–Trinajstić information content (AvgIpc) is 2.69. The van der Waals surface area contributed by atoms with Crippen LogP contribution in [0.1, 0.15) is 51.7 Å². The van der Waals surface area contributed by atoms with Gasteiger partial charge in [0.2, 0.25) is 5.82 Å². The quantitative estimate of drug-likeness (QED) is 0.461. The SMILES string of the molecule is CCc1ccc(Oc2nc(F)c(F)c(Cl)c2F)cc1C1C(=O)C(C)(C)OC(C)(C)C1=O. The van der Waals surface area contributed by atoms with Gasteiger partial charge in [0.15, 0.2) is 17.4 Å². The van der Waals surface area contributed by atoms with Gasteiger partial charge in [-0.05, 0) is 57.4 Å². The molecule has 31 heavy (non-hydrogen) atoms. The molecule has 0 radical (unpaired) electrons. The van der Waals surface area contributed by atoms with Crippen LogP contribution in [0.15, 0.2) is 18.2 Å². The van der Waals surface area contributed by atoms with Gasteiger partial charge in [-0.25, -0.2) is 4.39 Å². The Labute approximate surface area is 182 Å². The average molecular weight is 456 g/mol. The molecule has 0 atom stereocenters. The largest absolute Gasteiger partial charge is 0.436 e. The Hall–Kier alpha value is -2.45. The number of aryl methyl sites for hydroxylation is 1. The highest BCUT2D eigenvalue weighted by molar-refractivity contribution is 6.31. The number of ether oxygens (including phenoxy) is 2. The molecule has 1 aliphatic rings. The van der Waals surface area contributed by atoms with E-state index in [1.54, 1.807) is 33.8 Å². The molecule has 0 N–H and O–H groups in total. The van der Waals surface area contributed by atoms with Crippen LogP contribution in [-0.2, 0) is 20.7 Å². The number of Topliss-reactive ketones (excluding diaryl/α,β-unsaturated/α-hetero) is 2. The fourth-order valence-corrected chi connectivity index (χ4v) is 3.87. The highest BCUT2D eigenvalue weighted by Crippen LogP contribution is 2.41. The van der Waals surface area contributed by atoms with Gasteiger partial charge >= 0.3 is 0 Å². The highest BCUT2D eigenvalue weighted by atomic mass is 35.5. The summed E-state index contributed by atoms with van der Waals surface area (Å²) in [5.74, 6) is -7.51. The summed E-state index contributed by atoms with van der Waals surface area (Å²) in [6, 6.07) is 4.45. The zero-order chi connectivity index (χ0) is 23.3. The number of nitrogens with zero attached hydrogens (tertiary/aromatic N) is 1. The van der Waals surface area contributed by atoms with Crippen LogP contribution >= 0.6 is 11.6 Å². The number of rotatable bonds is 4. The molecule has 0 spiro atoms. The first-order valence-corrected chi connectivity index (χ1v) is 9.97. The predicted octanol–water partition coefficient (Wildman–Crippen LogP) is 5.32. The smallest absolute Gasteiger partial charge is 0.260 e. The number of halogens is 4. The third-order valence-corrected chi connectivity index (χ3v) is 5.53. The second-order valence-electron chi connectivity index (χ2n) is 8.25. The molecule has 5 nitrogen and oxygen atoms in total. The Morgan fingerprint density at radius 1 is 1.06 bits per heavy atom. The minimum absolute atomic E-state index is 0.0246. The summed E-state index contributed by atoms with van der Waals surface area (Å²) >= 11 is 5.44. The van der Waals surface area contributed by atoms with Crippen molar-refractivity contribution in [2.24, 2.45) is 0 Å². The maximum absolute atomic E-state index is 14.2. The van der Waals surface area contributed by atoms with E-state index < -0.39 is 57.2 Å². The maximum Gasteiger partial charge on any atom is 0.260 e. The number of carbonyl (C=O) groups excluding carboxylic acids is 2. The molecular formula is C22H21ClF3NO4. The monoisotopic (exact) mass is 455 g/mol. The Morgan fingerprint density at radius 3 is 2.19 bits per heavy atom. The number of aromatic nitrogens is 1. The van der Waals surface area contributed by atoms with Crippen LogP contribution in [0, 0.1) is 17.6 Å². The standard InChI is InChI=1S/C22H21ClF3NO4/c1-6-10-7-8-11(30-20-16(25)14(23)15(24)19(26)27-20)9-12(10)13-17(28)21(2,3)31-22(4,5)18(13)29/h7-9,13H,6H2,1-5H3. The first-order valence-electron chi connectivity index (χ1n) is 9.59. The van der Waals surface area contributed by atoms with Crippen LogP contribution in [0.3, 0.4) is 0 Å². The van der Waals surface area contributed by atoms with Gasteiger partial charge < -0.3 is 9.47 Å². The van der Waals surface area contributed by atoms with Crippen molar-refractivity contribution in [1.82, 2.24) is 4.98 Å². The summed E-state index contributed by atoms with van der Waals surface area (Å²) < 4.78 is 52.2. The zero-order valence-corrected chi connectivity index (χ0v) is 18.4. The third-order valence-electron chi connectivity index (χ3n) is 5.20. The number of benzene rings is 1. The molecule has 1 fully saturated rings. The van der Waals surface area contributed by atoms with E-state index >= 15 is 0 Å². The van der Waals surface area contributed by atoms with Crippen LogP contribution in [-0.4, -0.2) is 27.8 Å². The summed E-state index contributed by atoms with van der Waals surface area (Å²) in [6.07, 6.45) is 0.498. The molecule has 2 heterocycles. The van der Waals surface area contributed by atoms with Crippen molar-refractivity contribution in [1.29, 1.82) is 0 Å². The fourth-order valence-electron chi connectivity index (χ4n) is 3.71. The Kier molecular flexibility index (Phi) is 5.92. The van der Waals surface area contributed by atoms with E-state index in [4.69, 9.17) is 21.1 Å². The van der Waals surface area contributed by atoms with E-state index in [0.29, 0.717) is 17.5 Å². The van der Waals surface area contributed by atoms with Crippen LogP contribution in [0.4, 0.5) is 13.2 Å². The molecule has 0 amide bonds. The van der Waals surface area contributed by atoms with Crippen LogP contribution < -0.4 is 4.74 Å². The molecule has 3 rings (SSSR count). The van der Waals surface area contributed by atoms with Crippen molar-refractivity contribution in [3.05, 3.63) is 51.9 Å². The highest BCUT2D eigenvalue weighted by Gasteiger charge is 2.53. The molecule has 2 aromatic rings. The van der Waals surface area contributed by atoms with E-state index in [0.717, 1.165) is 0 Å². The molecule has 0 aliphatic carbocycles. The summed E-state index contributed by atoms with van der Waals surface area (Å²) in [4.78, 5) is 29.3. The van der Waals surface area contributed by atoms with Gasteiger partial charge in [0.1, 0.15) is 27.9 Å². The van der Waals surface area contributed by atoms with Crippen LogP contribution in [0.25, 0.3) is 0 Å². The molecule has 1 aromatic carbocycles. The summed E-state index contributed by atoms with van der Waals surface area (Å²) in [6.45, 7) is 8.20. The van der Waals surface area contributed by atoms with Gasteiger partial charge in [-0.3, -0.25) is 9.59 Å². The van der Waals surface area contributed by atoms with Crippen molar-refractivity contribution in [2.45, 2.75) is 58.2 Å². The minimum atomic E-state index is -1.63. The Bertz CT molecular complexity index is 1060. The summed E-state index contributed by atoms with van der Waals surface area (Å²) in [7, 11) is 0. The van der Waals surface area contributed by atoms with Gasteiger partial charge in [-0.2, -0.15) is 13.8 Å². The normalized spacial score (nSPS) is 18.4. The van der Waals surface area contributed by atoms with E-state index in [-0.39, 0.29) is 5.75 Å².